The van der Waals surface area contributed by atoms with Gasteiger partial charge in [0.25, 0.3) is 0 Å². The van der Waals surface area contributed by atoms with Crippen LogP contribution in [-0.2, 0) is 6.42 Å². The highest BCUT2D eigenvalue weighted by atomic mass is 35.5. The number of thiophene rings is 1. The summed E-state index contributed by atoms with van der Waals surface area (Å²) in [5, 5.41) is 10.9. The summed E-state index contributed by atoms with van der Waals surface area (Å²) in [5.41, 5.74) is 0. The Kier molecular flexibility index (Phi) is 3.53. The maximum atomic E-state index is 5.83. The maximum Gasteiger partial charge on any atom is 0.148 e. The van der Waals surface area contributed by atoms with Crippen LogP contribution in [0.5, 0.6) is 0 Å². The Morgan fingerprint density at radius 1 is 1.33 bits per heavy atom. The Labute approximate surface area is 97.1 Å². The topological polar surface area (TPSA) is 37.8 Å². The highest BCUT2D eigenvalue weighted by Crippen LogP contribution is 2.21. The predicted molar refractivity (Wildman–Crippen MR) is 63.6 cm³/mol. The molecule has 2 rings (SSSR count). The fourth-order valence-electron chi connectivity index (χ4n) is 1.20. The molecule has 0 atom stereocenters. The minimum atomic E-state index is 0.806. The van der Waals surface area contributed by atoms with Crippen molar-refractivity contribution in [3.05, 3.63) is 39.7 Å². The number of aromatic nitrogens is 2. The second-order valence-corrected chi connectivity index (χ2v) is 4.79. The lowest BCUT2D eigenvalue weighted by molar-refractivity contribution is 0.977. The van der Waals surface area contributed by atoms with Crippen LogP contribution in [0.15, 0.2) is 30.5 Å². The van der Waals surface area contributed by atoms with Crippen LogP contribution in [-0.4, -0.2) is 16.7 Å². The molecule has 78 valence electrons. The molecule has 0 fully saturated rings. The quantitative estimate of drug-likeness (QED) is 0.892. The fourth-order valence-corrected chi connectivity index (χ4v) is 2.28. The first-order valence-corrected chi connectivity index (χ1v) is 5.80. The summed E-state index contributed by atoms with van der Waals surface area (Å²) in [5.74, 6) is 0.806. The van der Waals surface area contributed by atoms with Gasteiger partial charge in [-0.05, 0) is 30.7 Å². The first kappa shape index (κ1) is 10.4. The monoisotopic (exact) mass is 239 g/mol. The van der Waals surface area contributed by atoms with Gasteiger partial charge in [-0.25, -0.2) is 0 Å². The standard InChI is InChI=1S/C10H10ClN3S/c11-9-4-3-8(15-9)5-7-12-10-2-1-6-13-14-10/h1-4,6H,5,7H2,(H,12,14). The SMILES string of the molecule is Clc1ccc(CCNc2cccnn2)s1. The summed E-state index contributed by atoms with van der Waals surface area (Å²) in [6.45, 7) is 0.843. The van der Waals surface area contributed by atoms with Crippen molar-refractivity contribution in [3.8, 4) is 0 Å². The van der Waals surface area contributed by atoms with Gasteiger partial charge < -0.3 is 5.32 Å². The van der Waals surface area contributed by atoms with Gasteiger partial charge >= 0.3 is 0 Å². The minimum Gasteiger partial charge on any atom is -0.368 e. The molecule has 15 heavy (non-hydrogen) atoms. The van der Waals surface area contributed by atoms with E-state index < -0.39 is 0 Å². The van der Waals surface area contributed by atoms with E-state index in [0.717, 1.165) is 23.1 Å². The molecule has 0 radical (unpaired) electrons. The van der Waals surface area contributed by atoms with Crippen LogP contribution in [0, 0.1) is 0 Å². The molecule has 2 heterocycles. The average Bonchev–Trinajstić information content (AvgIpc) is 2.66. The lowest BCUT2D eigenvalue weighted by atomic mass is 10.3. The zero-order valence-electron chi connectivity index (χ0n) is 7.98. The van der Waals surface area contributed by atoms with Crippen molar-refractivity contribution >= 4 is 28.8 Å². The molecule has 0 amide bonds. The molecule has 1 N–H and O–H groups in total. The molecular formula is C10H10ClN3S. The Morgan fingerprint density at radius 3 is 2.93 bits per heavy atom. The van der Waals surface area contributed by atoms with E-state index in [1.54, 1.807) is 17.5 Å². The minimum absolute atomic E-state index is 0.806. The van der Waals surface area contributed by atoms with E-state index in [1.807, 2.05) is 24.3 Å². The normalized spacial score (nSPS) is 10.2. The summed E-state index contributed by atoms with van der Waals surface area (Å²) in [6, 6.07) is 7.72. The molecule has 0 aromatic carbocycles. The second kappa shape index (κ2) is 5.09. The average molecular weight is 240 g/mol. The van der Waals surface area contributed by atoms with Gasteiger partial charge in [0.05, 0.1) is 4.34 Å². The van der Waals surface area contributed by atoms with E-state index in [1.165, 1.54) is 4.88 Å². The summed E-state index contributed by atoms with van der Waals surface area (Å²) in [6.07, 6.45) is 2.61. The van der Waals surface area contributed by atoms with Gasteiger partial charge in [0.2, 0.25) is 0 Å². The number of hydrogen-bond acceptors (Lipinski definition) is 4. The molecule has 0 saturated carbocycles. The van der Waals surface area contributed by atoms with Crippen molar-refractivity contribution in [2.75, 3.05) is 11.9 Å². The number of nitrogens with one attached hydrogen (secondary N) is 1. The van der Waals surface area contributed by atoms with Crippen molar-refractivity contribution in [2.45, 2.75) is 6.42 Å². The van der Waals surface area contributed by atoms with Crippen LogP contribution in [0.1, 0.15) is 4.88 Å². The van der Waals surface area contributed by atoms with Crippen molar-refractivity contribution < 1.29 is 0 Å². The molecule has 0 aliphatic rings. The van der Waals surface area contributed by atoms with E-state index >= 15 is 0 Å². The van der Waals surface area contributed by atoms with Gasteiger partial charge in [-0.2, -0.15) is 5.10 Å². The van der Waals surface area contributed by atoms with Gasteiger partial charge in [0.1, 0.15) is 5.82 Å². The number of halogens is 1. The summed E-state index contributed by atoms with van der Waals surface area (Å²) in [7, 11) is 0. The molecule has 0 aliphatic heterocycles. The third-order valence-corrected chi connectivity index (χ3v) is 3.17. The Balaban J connectivity index is 1.80. The van der Waals surface area contributed by atoms with Gasteiger partial charge in [0.15, 0.2) is 0 Å². The van der Waals surface area contributed by atoms with Gasteiger partial charge in [-0.15, -0.1) is 16.4 Å². The van der Waals surface area contributed by atoms with Crippen LogP contribution in [0.25, 0.3) is 0 Å². The zero-order chi connectivity index (χ0) is 10.5. The van der Waals surface area contributed by atoms with E-state index in [4.69, 9.17) is 11.6 Å². The molecule has 0 spiro atoms. The second-order valence-electron chi connectivity index (χ2n) is 2.99. The smallest absolute Gasteiger partial charge is 0.148 e. The molecular weight excluding hydrogens is 230 g/mol. The molecule has 2 aromatic rings. The molecule has 0 bridgehead atoms. The summed E-state index contributed by atoms with van der Waals surface area (Å²) < 4.78 is 0.838. The largest absolute Gasteiger partial charge is 0.368 e. The molecule has 0 unspecified atom stereocenters. The van der Waals surface area contributed by atoms with Crippen molar-refractivity contribution in [3.63, 3.8) is 0 Å². The molecule has 3 nitrogen and oxygen atoms in total. The third-order valence-electron chi connectivity index (χ3n) is 1.88. The van der Waals surface area contributed by atoms with Crippen LogP contribution in [0.2, 0.25) is 4.34 Å². The van der Waals surface area contributed by atoms with Gasteiger partial charge in [0, 0.05) is 17.6 Å². The molecule has 2 aromatic heterocycles. The van der Waals surface area contributed by atoms with Crippen LogP contribution >= 0.6 is 22.9 Å². The molecule has 5 heteroatoms. The Bertz CT molecular complexity index is 416. The number of rotatable bonds is 4. The highest BCUT2D eigenvalue weighted by molar-refractivity contribution is 7.16. The number of nitrogens with zero attached hydrogens (tertiary/aromatic N) is 2. The van der Waals surface area contributed by atoms with E-state index in [0.29, 0.717) is 0 Å². The van der Waals surface area contributed by atoms with Crippen LogP contribution < -0.4 is 5.32 Å². The first-order chi connectivity index (χ1) is 7.34. The zero-order valence-corrected chi connectivity index (χ0v) is 9.55. The Hall–Kier alpha value is -1.13. The van der Waals surface area contributed by atoms with Crippen molar-refractivity contribution in [1.82, 2.24) is 10.2 Å². The van der Waals surface area contributed by atoms with E-state index in [2.05, 4.69) is 15.5 Å². The van der Waals surface area contributed by atoms with E-state index in [-0.39, 0.29) is 0 Å². The van der Waals surface area contributed by atoms with Gasteiger partial charge in [-0.3, -0.25) is 0 Å². The lowest BCUT2D eigenvalue weighted by Gasteiger charge is -2.02. The summed E-state index contributed by atoms with van der Waals surface area (Å²) in [4.78, 5) is 1.27. The highest BCUT2D eigenvalue weighted by Gasteiger charge is 1.98. The first-order valence-electron chi connectivity index (χ1n) is 4.60. The predicted octanol–water partition coefficient (Wildman–Crippen LogP) is 2.85. The van der Waals surface area contributed by atoms with Crippen molar-refractivity contribution in [1.29, 1.82) is 0 Å². The fraction of sp³-hybridized carbons (Fsp3) is 0.200. The molecule has 0 saturated heterocycles. The molecule has 0 aliphatic carbocycles. The lowest BCUT2D eigenvalue weighted by Crippen LogP contribution is -2.05. The van der Waals surface area contributed by atoms with E-state index in [9.17, 15) is 0 Å². The van der Waals surface area contributed by atoms with Crippen LogP contribution in [0.4, 0.5) is 5.82 Å². The van der Waals surface area contributed by atoms with Crippen molar-refractivity contribution in [2.24, 2.45) is 0 Å². The van der Waals surface area contributed by atoms with Crippen LogP contribution in [0.3, 0.4) is 0 Å². The Morgan fingerprint density at radius 2 is 2.27 bits per heavy atom. The number of anilines is 1. The number of hydrogen-bond donors (Lipinski definition) is 1. The third kappa shape index (κ3) is 3.18. The van der Waals surface area contributed by atoms with Gasteiger partial charge in [-0.1, -0.05) is 11.6 Å². The maximum absolute atomic E-state index is 5.83. The summed E-state index contributed by atoms with van der Waals surface area (Å²) >= 11 is 7.44.